The maximum Gasteiger partial charge on any atom is 0.343 e. The molecule has 0 spiro atoms. The van der Waals surface area contributed by atoms with Gasteiger partial charge in [0.25, 0.3) is 0 Å². The van der Waals surface area contributed by atoms with Gasteiger partial charge in [0.1, 0.15) is 6.23 Å². The minimum Gasteiger partial charge on any atom is -0.422 e. The van der Waals surface area contributed by atoms with Gasteiger partial charge in [0.05, 0.1) is 11.5 Å². The summed E-state index contributed by atoms with van der Waals surface area (Å²) in [5, 5.41) is 10.2. The fourth-order valence-corrected chi connectivity index (χ4v) is 2.56. The van der Waals surface area contributed by atoms with Crippen LogP contribution in [0.5, 0.6) is 11.5 Å². The van der Waals surface area contributed by atoms with Crippen LogP contribution in [0.15, 0.2) is 41.4 Å². The molecule has 0 fully saturated rings. The fourth-order valence-electron chi connectivity index (χ4n) is 2.35. The number of ether oxygens (including phenoxy) is 2. The molecule has 0 radical (unpaired) electrons. The van der Waals surface area contributed by atoms with Crippen LogP contribution >= 0.6 is 11.6 Å². The zero-order valence-corrected chi connectivity index (χ0v) is 18.4. The van der Waals surface area contributed by atoms with Crippen molar-refractivity contribution in [2.75, 3.05) is 0 Å². The van der Waals surface area contributed by atoms with Crippen LogP contribution in [0.2, 0.25) is 5.02 Å². The number of hydrogen-bond donors (Lipinski definition) is 1. The number of aliphatic imine (C=N–C) groups is 1. The van der Waals surface area contributed by atoms with Crippen LogP contribution in [-0.4, -0.2) is 29.5 Å². The molecular weight excluding hydrogens is 406 g/mol. The van der Waals surface area contributed by atoms with E-state index in [4.69, 9.17) is 21.1 Å². The van der Waals surface area contributed by atoms with Crippen molar-refractivity contribution in [3.63, 3.8) is 0 Å². The van der Waals surface area contributed by atoms with E-state index in [0.717, 1.165) is 5.56 Å². The molecule has 0 aromatic heterocycles. The van der Waals surface area contributed by atoms with Crippen molar-refractivity contribution in [2.45, 2.75) is 40.8 Å². The van der Waals surface area contributed by atoms with Crippen molar-refractivity contribution < 1.29 is 24.2 Å². The van der Waals surface area contributed by atoms with Crippen molar-refractivity contribution in [3.05, 3.63) is 58.1 Å². The Morgan fingerprint density at radius 1 is 1.10 bits per heavy atom. The van der Waals surface area contributed by atoms with Gasteiger partial charge in [-0.15, -0.1) is 0 Å². The summed E-state index contributed by atoms with van der Waals surface area (Å²) in [4.78, 5) is 29.0. The van der Waals surface area contributed by atoms with Crippen molar-refractivity contribution in [1.29, 1.82) is 0 Å². The van der Waals surface area contributed by atoms with Gasteiger partial charge in [-0.05, 0) is 31.0 Å². The molecule has 0 aliphatic rings. The summed E-state index contributed by atoms with van der Waals surface area (Å²) in [5.41, 5.74) is 1.56. The molecule has 0 amide bonds. The fraction of sp³-hybridized carbons (Fsp3) is 0.348. The standard InChI is InChI=1S/C23H26ClNO5/c1-13(2)21(26)25-12-17-10-18(24)11-19(20(17)30-22(27)14(3)4)29-23(28)16-8-6-7-15(5)9-16/h6-14,21,26H,1-5H3. The number of aryl methyl sites for hydroxylation is 1. The summed E-state index contributed by atoms with van der Waals surface area (Å²) in [6, 6.07) is 9.84. The lowest BCUT2D eigenvalue weighted by Gasteiger charge is -2.15. The number of halogens is 1. The number of carbonyl (C=O) groups is 2. The lowest BCUT2D eigenvalue weighted by Crippen LogP contribution is -2.18. The van der Waals surface area contributed by atoms with Gasteiger partial charge in [0, 0.05) is 22.9 Å². The van der Waals surface area contributed by atoms with Crippen LogP contribution in [0.1, 0.15) is 49.2 Å². The zero-order chi connectivity index (χ0) is 22.4. The first kappa shape index (κ1) is 23.6. The van der Waals surface area contributed by atoms with Crippen LogP contribution < -0.4 is 9.47 Å². The van der Waals surface area contributed by atoms with Crippen LogP contribution in [0.3, 0.4) is 0 Å². The molecular formula is C23H26ClNO5. The highest BCUT2D eigenvalue weighted by molar-refractivity contribution is 6.31. The minimum atomic E-state index is -0.948. The largest absolute Gasteiger partial charge is 0.422 e. The smallest absolute Gasteiger partial charge is 0.343 e. The molecule has 0 saturated heterocycles. The topological polar surface area (TPSA) is 85.2 Å². The third kappa shape index (κ3) is 6.40. The van der Waals surface area contributed by atoms with Crippen LogP contribution in [-0.2, 0) is 4.79 Å². The average molecular weight is 432 g/mol. The van der Waals surface area contributed by atoms with Gasteiger partial charge in [-0.2, -0.15) is 0 Å². The van der Waals surface area contributed by atoms with E-state index in [2.05, 4.69) is 4.99 Å². The highest BCUT2D eigenvalue weighted by atomic mass is 35.5. The Balaban J connectivity index is 2.48. The molecule has 2 aromatic rings. The van der Waals surface area contributed by atoms with Gasteiger partial charge in [-0.25, -0.2) is 4.79 Å². The Hall–Kier alpha value is -2.70. The first-order valence-electron chi connectivity index (χ1n) is 9.63. The molecule has 0 bridgehead atoms. The number of aliphatic hydroxyl groups is 1. The summed E-state index contributed by atoms with van der Waals surface area (Å²) in [5.74, 6) is -1.65. The van der Waals surface area contributed by atoms with E-state index in [1.54, 1.807) is 32.0 Å². The van der Waals surface area contributed by atoms with E-state index in [9.17, 15) is 14.7 Å². The number of nitrogens with zero attached hydrogens (tertiary/aromatic N) is 1. The number of carbonyl (C=O) groups excluding carboxylic acids is 2. The van der Waals surface area contributed by atoms with E-state index >= 15 is 0 Å². The maximum absolute atomic E-state index is 12.6. The van der Waals surface area contributed by atoms with Crippen molar-refractivity contribution in [1.82, 2.24) is 0 Å². The highest BCUT2D eigenvalue weighted by Crippen LogP contribution is 2.35. The molecule has 0 aliphatic heterocycles. The van der Waals surface area contributed by atoms with Crippen molar-refractivity contribution >= 4 is 29.8 Å². The normalized spacial score (nSPS) is 12.4. The van der Waals surface area contributed by atoms with Crippen molar-refractivity contribution in [3.8, 4) is 11.5 Å². The Bertz CT molecular complexity index is 953. The number of benzene rings is 2. The van der Waals surface area contributed by atoms with Gasteiger partial charge in [-0.1, -0.05) is 57.0 Å². The van der Waals surface area contributed by atoms with E-state index in [-0.39, 0.29) is 22.4 Å². The molecule has 160 valence electrons. The Morgan fingerprint density at radius 2 is 1.80 bits per heavy atom. The molecule has 0 heterocycles. The molecule has 0 aliphatic carbocycles. The zero-order valence-electron chi connectivity index (χ0n) is 17.7. The van der Waals surface area contributed by atoms with E-state index in [1.807, 2.05) is 26.8 Å². The lowest BCUT2D eigenvalue weighted by molar-refractivity contribution is -0.137. The summed E-state index contributed by atoms with van der Waals surface area (Å²) in [7, 11) is 0. The van der Waals surface area contributed by atoms with E-state index in [0.29, 0.717) is 11.1 Å². The molecule has 7 heteroatoms. The Morgan fingerprint density at radius 3 is 2.40 bits per heavy atom. The molecule has 2 aromatic carbocycles. The molecule has 0 saturated carbocycles. The van der Waals surface area contributed by atoms with Gasteiger partial charge in [-0.3, -0.25) is 9.79 Å². The highest BCUT2D eigenvalue weighted by Gasteiger charge is 2.21. The number of hydrogen-bond acceptors (Lipinski definition) is 6. The van der Waals surface area contributed by atoms with Gasteiger partial charge < -0.3 is 14.6 Å². The third-order valence-electron chi connectivity index (χ3n) is 4.14. The second kappa shape index (κ2) is 10.4. The van der Waals surface area contributed by atoms with Gasteiger partial charge in [0.15, 0.2) is 11.5 Å². The SMILES string of the molecule is Cc1cccc(C(=O)Oc2cc(Cl)cc(C=NC(O)C(C)C)c2OC(=O)C(C)C)c1. The molecule has 2 rings (SSSR count). The Kier molecular flexibility index (Phi) is 8.15. The summed E-state index contributed by atoms with van der Waals surface area (Å²) in [6.45, 7) is 8.87. The molecule has 1 unspecified atom stereocenters. The molecule has 30 heavy (non-hydrogen) atoms. The minimum absolute atomic E-state index is 0.0107. The Labute approximate surface area is 181 Å². The first-order valence-corrected chi connectivity index (χ1v) is 10.0. The second-order valence-electron chi connectivity index (χ2n) is 7.59. The monoisotopic (exact) mass is 431 g/mol. The van der Waals surface area contributed by atoms with Crippen molar-refractivity contribution in [2.24, 2.45) is 16.8 Å². The quantitative estimate of drug-likeness (QED) is 0.386. The molecule has 1 atom stereocenters. The number of esters is 2. The number of rotatable bonds is 7. The molecule has 1 N–H and O–H groups in total. The van der Waals surface area contributed by atoms with Crippen LogP contribution in [0, 0.1) is 18.8 Å². The average Bonchev–Trinajstić information content (AvgIpc) is 2.67. The number of aliphatic hydroxyl groups excluding tert-OH is 1. The maximum atomic E-state index is 12.6. The van der Waals surface area contributed by atoms with Gasteiger partial charge in [0.2, 0.25) is 0 Å². The predicted octanol–water partition coefficient (Wildman–Crippen LogP) is 4.82. The molecule has 6 nitrogen and oxygen atoms in total. The predicted molar refractivity (Wildman–Crippen MR) is 117 cm³/mol. The van der Waals surface area contributed by atoms with Crippen LogP contribution in [0.25, 0.3) is 0 Å². The summed E-state index contributed by atoms with van der Waals surface area (Å²) >= 11 is 6.20. The second-order valence-corrected chi connectivity index (χ2v) is 8.03. The summed E-state index contributed by atoms with van der Waals surface area (Å²) < 4.78 is 11.0. The van der Waals surface area contributed by atoms with Crippen LogP contribution in [0.4, 0.5) is 0 Å². The van der Waals surface area contributed by atoms with Gasteiger partial charge >= 0.3 is 11.9 Å². The first-order chi connectivity index (χ1) is 14.1. The van der Waals surface area contributed by atoms with E-state index in [1.165, 1.54) is 18.3 Å². The lowest BCUT2D eigenvalue weighted by atomic mass is 10.1. The third-order valence-corrected chi connectivity index (χ3v) is 4.36. The summed E-state index contributed by atoms with van der Waals surface area (Å²) in [6.07, 6.45) is 0.402. The van der Waals surface area contributed by atoms with E-state index < -0.39 is 24.1 Å².